The zero-order chi connectivity index (χ0) is 28.2. The molecular weight excluding hydrogens is 559 g/mol. The number of aromatic nitrogens is 2. The monoisotopic (exact) mass is 585 g/mol. The number of benzene rings is 2. The minimum absolute atomic E-state index is 0.0537. The summed E-state index contributed by atoms with van der Waals surface area (Å²) >= 11 is 6.23. The summed E-state index contributed by atoms with van der Waals surface area (Å²) in [6, 6.07) is 5.78. The average molecular weight is 586 g/mol. The number of rotatable bonds is 7. The number of nitrogens with zero attached hydrogens (tertiary/aromatic N) is 4. The second-order valence-corrected chi connectivity index (χ2v) is 12.3. The number of fused-ring (bicyclic) bond motifs is 1. The van der Waals surface area contributed by atoms with Gasteiger partial charge in [0.25, 0.3) is 6.43 Å². The number of hydrogen-bond donors (Lipinski definition) is 1. The lowest BCUT2D eigenvalue weighted by molar-refractivity contribution is 0.0434. The van der Waals surface area contributed by atoms with Crippen LogP contribution in [0, 0.1) is 19.7 Å². The van der Waals surface area contributed by atoms with E-state index in [0.29, 0.717) is 16.3 Å². The van der Waals surface area contributed by atoms with Crippen LogP contribution in [0.15, 0.2) is 44.4 Å². The lowest BCUT2D eigenvalue weighted by atomic mass is 9.87. The Hall–Kier alpha value is -2.87. The molecule has 1 aromatic heterocycles. The Balaban J connectivity index is 1.63. The van der Waals surface area contributed by atoms with E-state index >= 15 is 4.39 Å². The van der Waals surface area contributed by atoms with Crippen molar-refractivity contribution in [2.75, 3.05) is 31.2 Å². The molecule has 0 bridgehead atoms. The molecule has 210 valence electrons. The third-order valence-corrected chi connectivity index (χ3v) is 9.66. The van der Waals surface area contributed by atoms with Gasteiger partial charge in [0, 0.05) is 24.0 Å². The van der Waals surface area contributed by atoms with Crippen LogP contribution in [0.25, 0.3) is 0 Å². The van der Waals surface area contributed by atoms with Crippen molar-refractivity contribution in [3.8, 4) is 0 Å². The molecule has 0 radical (unpaired) electrons. The van der Waals surface area contributed by atoms with Gasteiger partial charge in [0.05, 0.1) is 24.9 Å². The SMILES string of the molecule is Cc1ccc(F)c([C@@H](C)[C@@H](c2n[nH]c(=O)o2)N2CN(C3CN(CC(F)F)C3)c3cc(Cl)ccc3S2(=O)=O)c1C. The molecule has 2 aliphatic rings. The third-order valence-electron chi connectivity index (χ3n) is 7.56. The fraction of sp³-hybridized carbons (Fsp3) is 0.440. The molecule has 0 unspecified atom stereocenters. The van der Waals surface area contributed by atoms with Gasteiger partial charge in [-0.15, -0.1) is 5.10 Å². The number of H-pyrrole nitrogens is 1. The zero-order valence-corrected chi connectivity index (χ0v) is 22.9. The number of alkyl halides is 2. The Morgan fingerprint density at radius 3 is 2.56 bits per heavy atom. The van der Waals surface area contributed by atoms with E-state index in [1.165, 1.54) is 24.3 Å². The molecule has 1 fully saturated rings. The predicted octanol–water partition coefficient (Wildman–Crippen LogP) is 4.03. The van der Waals surface area contributed by atoms with E-state index in [-0.39, 0.29) is 42.1 Å². The van der Waals surface area contributed by atoms with Gasteiger partial charge >= 0.3 is 5.76 Å². The fourth-order valence-corrected chi connectivity index (χ4v) is 7.42. The molecule has 0 spiro atoms. The van der Waals surface area contributed by atoms with Crippen LogP contribution in [0.3, 0.4) is 0 Å². The molecule has 5 rings (SSSR count). The first kappa shape index (κ1) is 27.7. The van der Waals surface area contributed by atoms with Crippen molar-refractivity contribution in [1.82, 2.24) is 19.4 Å². The van der Waals surface area contributed by atoms with Crippen LogP contribution in [0.5, 0.6) is 0 Å². The highest BCUT2D eigenvalue weighted by Crippen LogP contribution is 2.45. The maximum atomic E-state index is 15.2. The first-order valence-corrected chi connectivity index (χ1v) is 14.1. The first-order valence-electron chi connectivity index (χ1n) is 12.3. The molecule has 2 aliphatic heterocycles. The molecule has 3 aromatic rings. The zero-order valence-electron chi connectivity index (χ0n) is 21.4. The van der Waals surface area contributed by atoms with Crippen molar-refractivity contribution in [1.29, 1.82) is 0 Å². The van der Waals surface area contributed by atoms with E-state index in [9.17, 15) is 22.0 Å². The van der Waals surface area contributed by atoms with Crippen LogP contribution in [0.1, 0.15) is 41.5 Å². The van der Waals surface area contributed by atoms with Crippen LogP contribution >= 0.6 is 11.6 Å². The molecule has 2 atom stereocenters. The van der Waals surface area contributed by atoms with Crippen molar-refractivity contribution in [2.45, 2.75) is 50.1 Å². The summed E-state index contributed by atoms with van der Waals surface area (Å²) in [4.78, 5) is 15.3. The van der Waals surface area contributed by atoms with Gasteiger partial charge in [0.2, 0.25) is 15.9 Å². The molecule has 2 aromatic carbocycles. The van der Waals surface area contributed by atoms with Gasteiger partial charge in [-0.25, -0.2) is 31.5 Å². The smallest absolute Gasteiger partial charge is 0.391 e. The summed E-state index contributed by atoms with van der Waals surface area (Å²) in [7, 11) is -4.25. The van der Waals surface area contributed by atoms with Crippen LogP contribution in [0.2, 0.25) is 5.02 Å². The van der Waals surface area contributed by atoms with E-state index in [1.807, 2.05) is 6.92 Å². The maximum absolute atomic E-state index is 15.2. The molecule has 1 saturated heterocycles. The van der Waals surface area contributed by atoms with Gasteiger partial charge in [0.15, 0.2) is 0 Å². The summed E-state index contributed by atoms with van der Waals surface area (Å²) < 4.78 is 75.7. The lowest BCUT2D eigenvalue weighted by Crippen LogP contribution is -2.64. The molecule has 0 saturated carbocycles. The van der Waals surface area contributed by atoms with Gasteiger partial charge < -0.3 is 9.32 Å². The predicted molar refractivity (Wildman–Crippen MR) is 138 cm³/mol. The number of likely N-dealkylation sites (tertiary alicyclic amines) is 1. The first-order chi connectivity index (χ1) is 18.4. The number of nitrogens with one attached hydrogen (secondary N) is 1. The average Bonchev–Trinajstić information content (AvgIpc) is 3.26. The molecule has 1 N–H and O–H groups in total. The number of aryl methyl sites for hydroxylation is 1. The Morgan fingerprint density at radius 2 is 1.92 bits per heavy atom. The van der Waals surface area contributed by atoms with Crippen LogP contribution in [-0.4, -0.2) is 66.6 Å². The fourth-order valence-electron chi connectivity index (χ4n) is 5.47. The van der Waals surface area contributed by atoms with Crippen molar-refractivity contribution in [3.05, 3.63) is 74.3 Å². The second kappa shape index (κ2) is 10.3. The molecule has 3 heterocycles. The Labute approximate surface area is 228 Å². The number of halogens is 4. The highest BCUT2D eigenvalue weighted by Gasteiger charge is 2.48. The molecular formula is C25H27ClF3N5O4S. The third kappa shape index (κ3) is 4.96. The van der Waals surface area contributed by atoms with Crippen LogP contribution < -0.4 is 10.7 Å². The standard InChI is InChI=1S/C25H27ClF3N5O4S/c1-13-4-6-18(27)22(14(13)2)15(3)23(24-30-31-25(35)38-24)34-12-33(17-9-32(10-17)11-21(28)29)19-8-16(26)5-7-20(19)39(34,36)37/h4-8,15,17,21,23H,9-12H2,1-3H3,(H,31,35)/t15-,23+/m1/s1. The Morgan fingerprint density at radius 1 is 1.21 bits per heavy atom. The van der Waals surface area contributed by atoms with E-state index in [1.54, 1.807) is 29.7 Å². The maximum Gasteiger partial charge on any atom is 0.434 e. The molecule has 39 heavy (non-hydrogen) atoms. The van der Waals surface area contributed by atoms with Crippen molar-refractivity contribution < 1.29 is 26.0 Å². The van der Waals surface area contributed by atoms with Crippen LogP contribution in [0.4, 0.5) is 18.9 Å². The van der Waals surface area contributed by atoms with Gasteiger partial charge in [-0.1, -0.05) is 24.6 Å². The topological polar surface area (TPSA) is 103 Å². The van der Waals surface area contributed by atoms with E-state index in [2.05, 4.69) is 10.2 Å². The van der Waals surface area contributed by atoms with Gasteiger partial charge in [-0.3, -0.25) is 4.90 Å². The summed E-state index contributed by atoms with van der Waals surface area (Å²) in [6.45, 7) is 5.16. The van der Waals surface area contributed by atoms with Crippen molar-refractivity contribution >= 4 is 27.3 Å². The molecule has 0 aliphatic carbocycles. The molecule has 9 nitrogen and oxygen atoms in total. The summed E-state index contributed by atoms with van der Waals surface area (Å²) in [6.07, 6.45) is -2.49. The van der Waals surface area contributed by atoms with E-state index in [4.69, 9.17) is 16.0 Å². The van der Waals surface area contributed by atoms with Gasteiger partial charge in [-0.05, 0) is 54.8 Å². The highest BCUT2D eigenvalue weighted by atomic mass is 35.5. The largest absolute Gasteiger partial charge is 0.434 e. The number of sulfonamides is 1. The van der Waals surface area contributed by atoms with Gasteiger partial charge in [-0.2, -0.15) is 4.31 Å². The summed E-state index contributed by atoms with van der Waals surface area (Å²) in [5, 5.41) is 6.43. The van der Waals surface area contributed by atoms with Gasteiger partial charge in [0.1, 0.15) is 16.8 Å². The normalized spacial score (nSPS) is 19.6. The molecule has 14 heteroatoms. The summed E-state index contributed by atoms with van der Waals surface area (Å²) in [5.74, 6) is -2.47. The van der Waals surface area contributed by atoms with Crippen molar-refractivity contribution in [2.24, 2.45) is 0 Å². The quantitative estimate of drug-likeness (QED) is 0.446. The minimum Gasteiger partial charge on any atom is -0.391 e. The number of anilines is 1. The Bertz CT molecular complexity index is 1560. The highest BCUT2D eigenvalue weighted by molar-refractivity contribution is 7.89. The second-order valence-electron chi connectivity index (χ2n) is 9.97. The lowest BCUT2D eigenvalue weighted by Gasteiger charge is -2.50. The van der Waals surface area contributed by atoms with E-state index < -0.39 is 46.5 Å². The Kier molecular flexibility index (Phi) is 7.29. The van der Waals surface area contributed by atoms with E-state index in [0.717, 1.165) is 9.87 Å². The minimum atomic E-state index is -4.25. The summed E-state index contributed by atoms with van der Waals surface area (Å²) in [5.41, 5.74) is 2.04. The number of hydrogen-bond acceptors (Lipinski definition) is 7. The molecule has 0 amide bonds. The van der Waals surface area contributed by atoms with Crippen molar-refractivity contribution in [3.63, 3.8) is 0 Å². The number of aromatic amines is 1. The van der Waals surface area contributed by atoms with Crippen LogP contribution in [-0.2, 0) is 10.0 Å².